The van der Waals surface area contributed by atoms with Gasteiger partial charge in [0, 0.05) is 12.7 Å². The number of nitrogens with zero attached hydrogens (tertiary/aromatic N) is 3. The van der Waals surface area contributed by atoms with Crippen molar-refractivity contribution in [3.05, 3.63) is 88.0 Å². The summed E-state index contributed by atoms with van der Waals surface area (Å²) in [6.45, 7) is 3.90. The molecule has 0 bridgehead atoms. The third kappa shape index (κ3) is 3.77. The van der Waals surface area contributed by atoms with Gasteiger partial charge in [-0.1, -0.05) is 36.1 Å². The van der Waals surface area contributed by atoms with E-state index in [4.69, 9.17) is 17.0 Å². The number of fused-ring (bicyclic) bond motifs is 1. The summed E-state index contributed by atoms with van der Waals surface area (Å²) in [4.78, 5) is 31.9. The Balaban J connectivity index is 1.85. The Bertz CT molecular complexity index is 1270. The summed E-state index contributed by atoms with van der Waals surface area (Å²) < 4.78 is 20.7. The second kappa shape index (κ2) is 8.21. The van der Waals surface area contributed by atoms with Crippen LogP contribution in [0.2, 0.25) is 0 Å². The lowest BCUT2D eigenvalue weighted by atomic mass is 10.2. The molecule has 1 fully saturated rings. The number of hydrogen-bond donors (Lipinski definition) is 0. The van der Waals surface area contributed by atoms with Crippen LogP contribution in [0.5, 0.6) is 11.6 Å². The predicted octanol–water partition coefficient (Wildman–Crippen LogP) is 4.01. The number of pyridine rings is 1. The van der Waals surface area contributed by atoms with Gasteiger partial charge in [-0.05, 0) is 42.5 Å². The van der Waals surface area contributed by atoms with Crippen LogP contribution in [0.3, 0.4) is 0 Å². The van der Waals surface area contributed by atoms with Crippen molar-refractivity contribution in [2.75, 3.05) is 6.54 Å². The summed E-state index contributed by atoms with van der Waals surface area (Å²) >= 11 is 6.34. The van der Waals surface area contributed by atoms with Crippen molar-refractivity contribution < 1.29 is 13.9 Å². The average molecular weight is 439 g/mol. The number of amides is 1. The molecule has 0 atom stereocenters. The maximum absolute atomic E-state index is 13.2. The normalized spacial score (nSPS) is 15.2. The summed E-state index contributed by atoms with van der Waals surface area (Å²) in [5.74, 6) is -0.431. The van der Waals surface area contributed by atoms with Crippen molar-refractivity contribution in [1.82, 2.24) is 14.3 Å². The number of rotatable bonds is 5. The minimum atomic E-state index is -0.417. The predicted molar refractivity (Wildman–Crippen MR) is 118 cm³/mol. The molecule has 4 rings (SSSR count). The first kappa shape index (κ1) is 20.0. The number of ether oxygens (including phenoxy) is 1. The van der Waals surface area contributed by atoms with Gasteiger partial charge in [0.15, 0.2) is 0 Å². The highest BCUT2D eigenvalue weighted by atomic mass is 32.2. The molecular formula is C21H14FN3O3S2. The van der Waals surface area contributed by atoms with E-state index in [9.17, 15) is 14.0 Å². The lowest BCUT2D eigenvalue weighted by Crippen LogP contribution is -2.28. The van der Waals surface area contributed by atoms with E-state index < -0.39 is 11.4 Å². The molecule has 150 valence electrons. The molecule has 1 saturated heterocycles. The average Bonchev–Trinajstić information content (AvgIpc) is 3.00. The van der Waals surface area contributed by atoms with Crippen molar-refractivity contribution in [3.8, 4) is 11.6 Å². The van der Waals surface area contributed by atoms with Crippen molar-refractivity contribution in [2.24, 2.45) is 0 Å². The first-order valence-corrected chi connectivity index (χ1v) is 10.0. The SMILES string of the molecule is C=CCN1C(=O)/C(=C/c2c(Oc3ccc(F)cc3)nc3ccccn3c2=O)SC1=S. The van der Waals surface area contributed by atoms with E-state index in [2.05, 4.69) is 11.6 Å². The number of benzene rings is 1. The molecule has 0 N–H and O–H groups in total. The van der Waals surface area contributed by atoms with E-state index in [1.807, 2.05) is 0 Å². The third-order valence-electron chi connectivity index (χ3n) is 4.22. The zero-order valence-corrected chi connectivity index (χ0v) is 17.1. The zero-order valence-electron chi connectivity index (χ0n) is 15.4. The van der Waals surface area contributed by atoms with Gasteiger partial charge in [-0.3, -0.25) is 18.9 Å². The van der Waals surface area contributed by atoms with Gasteiger partial charge >= 0.3 is 0 Å². The fraction of sp³-hybridized carbons (Fsp3) is 0.0476. The van der Waals surface area contributed by atoms with Gasteiger partial charge < -0.3 is 4.74 Å². The first-order chi connectivity index (χ1) is 14.5. The van der Waals surface area contributed by atoms with Crippen LogP contribution in [0.1, 0.15) is 5.56 Å². The van der Waals surface area contributed by atoms with Gasteiger partial charge in [0.2, 0.25) is 5.88 Å². The Hall–Kier alpha value is -3.30. The van der Waals surface area contributed by atoms with Crippen LogP contribution in [0.25, 0.3) is 11.7 Å². The molecular weight excluding hydrogens is 425 g/mol. The molecule has 30 heavy (non-hydrogen) atoms. The standard InChI is InChI=1S/C21H14FN3O3S2/c1-2-10-25-20(27)16(30-21(25)29)12-15-18(28-14-8-6-13(22)7-9-14)23-17-5-3-4-11-24(17)19(15)26/h2-9,11-12H,1,10H2/b16-12-. The minimum absolute atomic E-state index is 0.00629. The van der Waals surface area contributed by atoms with Gasteiger partial charge in [-0.25, -0.2) is 4.39 Å². The number of thioether (sulfide) groups is 1. The number of halogens is 1. The van der Waals surface area contributed by atoms with Crippen LogP contribution in [-0.4, -0.2) is 31.1 Å². The number of aromatic nitrogens is 2. The summed E-state index contributed by atoms with van der Waals surface area (Å²) in [5.41, 5.74) is 0.0461. The van der Waals surface area contributed by atoms with Crippen LogP contribution < -0.4 is 10.3 Å². The molecule has 1 aromatic carbocycles. The monoisotopic (exact) mass is 439 g/mol. The smallest absolute Gasteiger partial charge is 0.269 e. The lowest BCUT2D eigenvalue weighted by Gasteiger charge is -2.11. The van der Waals surface area contributed by atoms with E-state index in [-0.39, 0.29) is 28.8 Å². The van der Waals surface area contributed by atoms with Gasteiger partial charge in [0.05, 0.1) is 4.91 Å². The molecule has 3 heterocycles. The first-order valence-electron chi connectivity index (χ1n) is 8.79. The summed E-state index contributed by atoms with van der Waals surface area (Å²) in [7, 11) is 0. The Kier molecular flexibility index (Phi) is 5.47. The van der Waals surface area contributed by atoms with E-state index >= 15 is 0 Å². The fourth-order valence-corrected chi connectivity index (χ4v) is 4.07. The Morgan fingerprint density at radius 1 is 1.20 bits per heavy atom. The number of carbonyl (C=O) groups is 1. The van der Waals surface area contributed by atoms with Crippen molar-refractivity contribution in [1.29, 1.82) is 0 Å². The lowest BCUT2D eigenvalue weighted by molar-refractivity contribution is -0.121. The van der Waals surface area contributed by atoms with E-state index in [1.54, 1.807) is 30.5 Å². The molecule has 6 nitrogen and oxygen atoms in total. The van der Waals surface area contributed by atoms with Gasteiger partial charge in [0.1, 0.15) is 27.1 Å². The Morgan fingerprint density at radius 3 is 2.70 bits per heavy atom. The molecule has 0 unspecified atom stereocenters. The molecule has 2 aromatic heterocycles. The molecule has 1 aliphatic heterocycles. The molecule has 0 saturated carbocycles. The van der Waals surface area contributed by atoms with Crippen molar-refractivity contribution in [3.63, 3.8) is 0 Å². The third-order valence-corrected chi connectivity index (χ3v) is 5.60. The highest BCUT2D eigenvalue weighted by molar-refractivity contribution is 8.26. The topological polar surface area (TPSA) is 63.9 Å². The van der Waals surface area contributed by atoms with Crippen molar-refractivity contribution in [2.45, 2.75) is 0 Å². The molecule has 1 amide bonds. The fourth-order valence-electron chi connectivity index (χ4n) is 2.82. The van der Waals surface area contributed by atoms with Crippen LogP contribution in [0.4, 0.5) is 4.39 Å². The quantitative estimate of drug-likeness (QED) is 0.340. The second-order valence-corrected chi connectivity index (χ2v) is 7.88. The Morgan fingerprint density at radius 2 is 1.97 bits per heavy atom. The second-order valence-electron chi connectivity index (χ2n) is 6.20. The molecule has 1 aliphatic rings. The summed E-state index contributed by atoms with van der Waals surface area (Å²) in [5, 5.41) is 0. The molecule has 0 aliphatic carbocycles. The molecule has 9 heteroatoms. The summed E-state index contributed by atoms with van der Waals surface area (Å²) in [6, 6.07) is 10.4. The largest absolute Gasteiger partial charge is 0.438 e. The van der Waals surface area contributed by atoms with E-state index in [0.29, 0.717) is 15.7 Å². The molecule has 3 aromatic rings. The van der Waals surface area contributed by atoms with Crippen LogP contribution in [-0.2, 0) is 4.79 Å². The van der Waals surface area contributed by atoms with Crippen molar-refractivity contribution >= 4 is 45.9 Å². The highest BCUT2D eigenvalue weighted by Crippen LogP contribution is 2.34. The van der Waals surface area contributed by atoms with Crippen LogP contribution in [0, 0.1) is 5.82 Å². The van der Waals surface area contributed by atoms with Crippen LogP contribution >= 0.6 is 24.0 Å². The minimum Gasteiger partial charge on any atom is -0.438 e. The Labute approximate surface area is 180 Å². The van der Waals surface area contributed by atoms with Gasteiger partial charge in [-0.2, -0.15) is 4.98 Å². The summed E-state index contributed by atoms with van der Waals surface area (Å²) in [6.07, 6.45) is 4.58. The maximum atomic E-state index is 13.2. The zero-order chi connectivity index (χ0) is 21.3. The number of carbonyl (C=O) groups excluding carboxylic acids is 1. The molecule has 0 spiro atoms. The number of hydrogen-bond acceptors (Lipinski definition) is 6. The van der Waals surface area contributed by atoms with Gasteiger partial charge in [-0.15, -0.1) is 6.58 Å². The van der Waals surface area contributed by atoms with Gasteiger partial charge in [0.25, 0.3) is 11.5 Å². The van der Waals surface area contributed by atoms with E-state index in [0.717, 1.165) is 11.8 Å². The van der Waals surface area contributed by atoms with E-state index in [1.165, 1.54) is 39.6 Å². The maximum Gasteiger partial charge on any atom is 0.269 e. The molecule has 0 radical (unpaired) electrons. The highest BCUT2D eigenvalue weighted by Gasteiger charge is 2.32. The van der Waals surface area contributed by atoms with Crippen LogP contribution in [0.15, 0.2) is 71.0 Å². The number of thiocarbonyl (C=S) groups is 1.